The third kappa shape index (κ3) is 1.39. The Morgan fingerprint density at radius 1 is 1.27 bits per heavy atom. The van der Waals surface area contributed by atoms with Crippen LogP contribution in [-0.2, 0) is 0 Å². The average Bonchev–Trinajstić information content (AvgIpc) is 2.04. The number of benzene rings is 1. The van der Waals surface area contributed by atoms with Crippen LogP contribution in [-0.4, -0.2) is 3.71 Å². The van der Waals surface area contributed by atoms with Gasteiger partial charge in [-0.25, -0.2) is 0 Å². The zero-order chi connectivity index (χ0) is 7.68. The molecular weight excluding hydrogens is 174 g/mol. The summed E-state index contributed by atoms with van der Waals surface area (Å²) in [6, 6.07) is 8.26. The van der Waals surface area contributed by atoms with Crippen molar-refractivity contribution in [3.63, 3.8) is 0 Å². The van der Waals surface area contributed by atoms with Gasteiger partial charge in [0, 0.05) is 11.1 Å². The van der Waals surface area contributed by atoms with Crippen LogP contribution >= 0.6 is 24.8 Å². The summed E-state index contributed by atoms with van der Waals surface area (Å²) in [6.07, 6.45) is 3.99. The summed E-state index contributed by atoms with van der Waals surface area (Å²) in [7, 11) is 0. The molecule has 1 aromatic carbocycles. The van der Waals surface area contributed by atoms with Crippen LogP contribution in [0, 0.1) is 0 Å². The third-order valence-corrected chi connectivity index (χ3v) is 2.75. The van der Waals surface area contributed by atoms with Gasteiger partial charge in [0.2, 0.25) is 0 Å². The molecule has 1 heterocycles. The average molecular weight is 181 g/mol. The van der Waals surface area contributed by atoms with Crippen molar-refractivity contribution in [1.29, 1.82) is 0 Å². The number of nitrogens with zero attached hydrogens (tertiary/aromatic N) is 1. The van der Waals surface area contributed by atoms with Gasteiger partial charge in [-0.2, -0.15) is 0 Å². The molecule has 0 unspecified atom stereocenters. The van der Waals surface area contributed by atoms with Gasteiger partial charge in [0.15, 0.2) is 0 Å². The molecule has 1 aromatic rings. The van der Waals surface area contributed by atoms with Crippen molar-refractivity contribution >= 4 is 30.8 Å². The molecular formula is C8H7NS2. The second-order valence-electron chi connectivity index (χ2n) is 2.25. The largest absolute Gasteiger partial charge is 0.264 e. The van der Waals surface area contributed by atoms with E-state index in [4.69, 9.17) is 0 Å². The van der Waals surface area contributed by atoms with Gasteiger partial charge in [-0.3, -0.25) is 3.71 Å². The van der Waals surface area contributed by atoms with Crippen LogP contribution in [0.5, 0.6) is 0 Å². The summed E-state index contributed by atoms with van der Waals surface area (Å²) in [5, 5.41) is 0. The Morgan fingerprint density at radius 2 is 2.09 bits per heavy atom. The van der Waals surface area contributed by atoms with Crippen LogP contribution in [0.25, 0.3) is 6.08 Å². The summed E-state index contributed by atoms with van der Waals surface area (Å²) in [5.41, 5.74) is 1.27. The Balaban J connectivity index is 2.46. The summed E-state index contributed by atoms with van der Waals surface area (Å²) in [4.78, 5) is 1.25. The highest BCUT2D eigenvalue weighted by Gasteiger charge is 2.06. The van der Waals surface area contributed by atoms with Crippen molar-refractivity contribution in [3.05, 3.63) is 36.0 Å². The third-order valence-electron chi connectivity index (χ3n) is 1.49. The number of thiol groups is 1. The first kappa shape index (κ1) is 7.13. The number of rotatable bonds is 0. The van der Waals surface area contributed by atoms with Crippen LogP contribution in [0.2, 0.25) is 0 Å². The Labute approximate surface area is 75.8 Å². The van der Waals surface area contributed by atoms with E-state index in [0.717, 1.165) is 0 Å². The van der Waals surface area contributed by atoms with Gasteiger partial charge in [0.1, 0.15) is 0 Å². The van der Waals surface area contributed by atoms with Crippen molar-refractivity contribution in [2.45, 2.75) is 4.90 Å². The van der Waals surface area contributed by atoms with Gasteiger partial charge in [-0.05, 0) is 29.7 Å². The quantitative estimate of drug-likeness (QED) is 0.484. The van der Waals surface area contributed by atoms with E-state index in [2.05, 4.69) is 31.0 Å². The smallest absolute Gasteiger partial charge is 0.0368 e. The summed E-state index contributed by atoms with van der Waals surface area (Å²) in [6.45, 7) is 0. The van der Waals surface area contributed by atoms with E-state index >= 15 is 0 Å². The van der Waals surface area contributed by atoms with Crippen molar-refractivity contribution in [2.24, 2.45) is 0 Å². The van der Waals surface area contributed by atoms with Gasteiger partial charge < -0.3 is 0 Å². The molecule has 1 aliphatic rings. The van der Waals surface area contributed by atoms with E-state index < -0.39 is 0 Å². The first-order chi connectivity index (χ1) is 5.36. The van der Waals surface area contributed by atoms with E-state index in [1.807, 2.05) is 18.3 Å². The maximum Gasteiger partial charge on any atom is 0.0368 e. The molecule has 2 rings (SSSR count). The second kappa shape index (κ2) is 2.83. The molecule has 0 amide bonds. The standard InChI is InChI=1S/C8H7NS2/c10-9-6-5-7-3-1-2-4-8(7)11-9/h1-6,10H. The van der Waals surface area contributed by atoms with Crippen LogP contribution in [0.3, 0.4) is 0 Å². The highest BCUT2D eigenvalue weighted by molar-refractivity contribution is 8.05. The van der Waals surface area contributed by atoms with Crippen molar-refractivity contribution in [2.75, 3.05) is 0 Å². The summed E-state index contributed by atoms with van der Waals surface area (Å²) in [5.74, 6) is 0. The van der Waals surface area contributed by atoms with Crippen LogP contribution in [0.1, 0.15) is 5.56 Å². The lowest BCUT2D eigenvalue weighted by molar-refractivity contribution is 1.05. The molecule has 0 saturated heterocycles. The lowest BCUT2D eigenvalue weighted by Crippen LogP contribution is -1.96. The number of hydrogen-bond donors (Lipinski definition) is 1. The van der Waals surface area contributed by atoms with Crippen LogP contribution in [0.4, 0.5) is 0 Å². The maximum absolute atomic E-state index is 4.20. The highest BCUT2D eigenvalue weighted by atomic mass is 32.2. The Bertz CT molecular complexity index is 296. The topological polar surface area (TPSA) is 3.24 Å². The molecule has 0 atom stereocenters. The first-order valence-corrected chi connectivity index (χ1v) is 4.47. The molecule has 1 nitrogen and oxygen atoms in total. The van der Waals surface area contributed by atoms with Gasteiger partial charge >= 0.3 is 0 Å². The molecule has 1 aliphatic heterocycles. The Morgan fingerprint density at radius 3 is 3.00 bits per heavy atom. The molecule has 0 bridgehead atoms. The van der Waals surface area contributed by atoms with E-state index in [9.17, 15) is 0 Å². The normalized spacial score (nSPS) is 14.8. The Kier molecular flexibility index (Phi) is 1.84. The van der Waals surface area contributed by atoms with E-state index in [-0.39, 0.29) is 0 Å². The zero-order valence-corrected chi connectivity index (χ0v) is 7.48. The fourth-order valence-corrected chi connectivity index (χ4v) is 2.01. The first-order valence-electron chi connectivity index (χ1n) is 3.29. The Hall–Kier alpha value is -0.540. The predicted octanol–water partition coefficient (Wildman–Crippen LogP) is 2.82. The fourth-order valence-electron chi connectivity index (χ4n) is 0.977. The van der Waals surface area contributed by atoms with Crippen molar-refractivity contribution in [1.82, 2.24) is 3.71 Å². The van der Waals surface area contributed by atoms with E-state index in [0.29, 0.717) is 0 Å². The fraction of sp³-hybridized carbons (Fsp3) is 0. The van der Waals surface area contributed by atoms with Crippen molar-refractivity contribution < 1.29 is 0 Å². The monoisotopic (exact) mass is 181 g/mol. The van der Waals surface area contributed by atoms with E-state index in [1.165, 1.54) is 10.5 Å². The molecule has 0 aromatic heterocycles. The minimum Gasteiger partial charge on any atom is -0.264 e. The molecule has 56 valence electrons. The molecule has 0 radical (unpaired) electrons. The molecule has 3 heteroatoms. The lowest BCUT2D eigenvalue weighted by atomic mass is 10.2. The molecule has 0 N–H and O–H groups in total. The number of hydrogen-bond acceptors (Lipinski definition) is 3. The van der Waals surface area contributed by atoms with Gasteiger partial charge in [-0.15, -0.1) is 0 Å². The molecule has 0 spiro atoms. The highest BCUT2D eigenvalue weighted by Crippen LogP contribution is 2.32. The van der Waals surface area contributed by atoms with Crippen molar-refractivity contribution in [3.8, 4) is 0 Å². The molecule has 0 saturated carbocycles. The van der Waals surface area contributed by atoms with Gasteiger partial charge in [0.05, 0.1) is 0 Å². The maximum atomic E-state index is 4.20. The number of fused-ring (bicyclic) bond motifs is 1. The molecule has 11 heavy (non-hydrogen) atoms. The molecule has 0 aliphatic carbocycles. The van der Waals surface area contributed by atoms with Gasteiger partial charge in [0.25, 0.3) is 0 Å². The minimum absolute atomic E-state index is 1.25. The van der Waals surface area contributed by atoms with E-state index in [1.54, 1.807) is 15.7 Å². The van der Waals surface area contributed by atoms with Crippen LogP contribution < -0.4 is 0 Å². The second-order valence-corrected chi connectivity index (χ2v) is 3.96. The zero-order valence-electron chi connectivity index (χ0n) is 5.77. The summed E-state index contributed by atoms with van der Waals surface area (Å²) >= 11 is 5.82. The predicted molar refractivity (Wildman–Crippen MR) is 52.2 cm³/mol. The SMILES string of the molecule is SN1C=Cc2ccccc2S1. The molecule has 0 fully saturated rings. The van der Waals surface area contributed by atoms with Crippen LogP contribution in [0.15, 0.2) is 35.4 Å². The van der Waals surface area contributed by atoms with Gasteiger partial charge in [-0.1, -0.05) is 31.0 Å². The summed E-state index contributed by atoms with van der Waals surface area (Å²) < 4.78 is 1.79. The lowest BCUT2D eigenvalue weighted by Gasteiger charge is -2.16. The minimum atomic E-state index is 1.25.